The Morgan fingerprint density at radius 1 is 1.00 bits per heavy atom. The standard InChI is InChI=1S/C29H38FN3O5/c1-4-36-24-14-20(6-8-22(24)23-9-7-21(30)15-25(23)37-5-2)17-32-18-29(19-32)16-26(31-38-29)33-12-10-28(3,11-13-33)27(34)35/h6-9,14-15,27,34-35H,4-5,10-13,16-19H2,1-3H3. The quantitative estimate of drug-likeness (QED) is 0.502. The molecule has 0 amide bonds. The number of rotatable bonds is 8. The summed E-state index contributed by atoms with van der Waals surface area (Å²) < 4.78 is 25.5. The van der Waals surface area contributed by atoms with Gasteiger partial charge in [-0.15, -0.1) is 0 Å². The van der Waals surface area contributed by atoms with Crippen LogP contribution < -0.4 is 9.47 Å². The van der Waals surface area contributed by atoms with Gasteiger partial charge in [-0.3, -0.25) is 4.90 Å². The zero-order valence-electron chi connectivity index (χ0n) is 22.5. The number of aliphatic hydroxyl groups excluding tert-OH is 1. The number of piperidine rings is 1. The van der Waals surface area contributed by atoms with Crippen molar-refractivity contribution in [3.8, 4) is 22.6 Å². The van der Waals surface area contributed by atoms with E-state index in [-0.39, 0.29) is 11.4 Å². The molecule has 38 heavy (non-hydrogen) atoms. The van der Waals surface area contributed by atoms with Crippen molar-refractivity contribution in [3.05, 3.63) is 47.8 Å². The van der Waals surface area contributed by atoms with Crippen molar-refractivity contribution in [2.24, 2.45) is 10.6 Å². The first-order chi connectivity index (χ1) is 18.2. The average Bonchev–Trinajstić information content (AvgIpc) is 3.31. The molecule has 5 rings (SSSR count). The summed E-state index contributed by atoms with van der Waals surface area (Å²) in [5, 5.41) is 23.8. The second kappa shape index (κ2) is 10.7. The topological polar surface area (TPSA) is 87.0 Å². The van der Waals surface area contributed by atoms with Gasteiger partial charge in [0, 0.05) is 55.3 Å². The molecule has 1 spiro atoms. The maximum Gasteiger partial charge on any atom is 0.170 e. The molecular formula is C29H38FN3O5. The number of likely N-dealkylation sites (tertiary alicyclic amines) is 2. The van der Waals surface area contributed by atoms with Crippen LogP contribution in [0.5, 0.6) is 11.5 Å². The minimum absolute atomic E-state index is 0.282. The summed E-state index contributed by atoms with van der Waals surface area (Å²) in [6.45, 7) is 10.6. The molecule has 2 N–H and O–H groups in total. The lowest BCUT2D eigenvalue weighted by Crippen LogP contribution is -2.61. The highest BCUT2D eigenvalue weighted by Gasteiger charge is 2.51. The second-order valence-corrected chi connectivity index (χ2v) is 11.0. The van der Waals surface area contributed by atoms with Gasteiger partial charge in [0.05, 0.1) is 19.6 Å². The normalized spacial score (nSPS) is 20.3. The number of hydrogen-bond acceptors (Lipinski definition) is 8. The predicted molar refractivity (Wildman–Crippen MR) is 142 cm³/mol. The van der Waals surface area contributed by atoms with Gasteiger partial charge in [-0.2, -0.15) is 0 Å². The molecular weight excluding hydrogens is 489 g/mol. The minimum Gasteiger partial charge on any atom is -0.493 e. The molecule has 0 unspecified atom stereocenters. The van der Waals surface area contributed by atoms with Gasteiger partial charge in [0.15, 0.2) is 11.9 Å². The van der Waals surface area contributed by atoms with E-state index in [0.717, 1.165) is 67.4 Å². The lowest BCUT2D eigenvalue weighted by atomic mass is 9.79. The number of halogens is 1. The fraction of sp³-hybridized carbons (Fsp3) is 0.552. The number of oxime groups is 1. The van der Waals surface area contributed by atoms with E-state index in [1.165, 1.54) is 12.1 Å². The number of aliphatic hydroxyl groups is 2. The van der Waals surface area contributed by atoms with E-state index in [1.54, 1.807) is 6.07 Å². The number of amidine groups is 1. The molecule has 3 aliphatic rings. The van der Waals surface area contributed by atoms with Crippen LogP contribution in [0.4, 0.5) is 4.39 Å². The van der Waals surface area contributed by atoms with E-state index in [1.807, 2.05) is 26.8 Å². The van der Waals surface area contributed by atoms with Gasteiger partial charge in [0.25, 0.3) is 0 Å². The zero-order valence-corrected chi connectivity index (χ0v) is 22.5. The van der Waals surface area contributed by atoms with Gasteiger partial charge in [-0.05, 0) is 50.5 Å². The van der Waals surface area contributed by atoms with E-state index < -0.39 is 11.7 Å². The summed E-state index contributed by atoms with van der Waals surface area (Å²) in [5.41, 5.74) is 2.07. The Morgan fingerprint density at radius 2 is 1.63 bits per heavy atom. The van der Waals surface area contributed by atoms with Crippen LogP contribution in [0.25, 0.3) is 11.1 Å². The maximum absolute atomic E-state index is 13.8. The predicted octanol–water partition coefficient (Wildman–Crippen LogP) is 3.99. The van der Waals surface area contributed by atoms with Crippen LogP contribution in [0.2, 0.25) is 0 Å². The molecule has 2 aromatic rings. The number of ether oxygens (including phenoxy) is 2. The molecule has 8 nitrogen and oxygen atoms in total. The lowest BCUT2D eigenvalue weighted by molar-refractivity contribution is -0.143. The molecule has 3 aliphatic heterocycles. The Labute approximate surface area is 223 Å². The highest BCUT2D eigenvalue weighted by atomic mass is 19.1. The third-order valence-electron chi connectivity index (χ3n) is 8.03. The third kappa shape index (κ3) is 5.32. The Balaban J connectivity index is 1.20. The van der Waals surface area contributed by atoms with E-state index in [2.05, 4.69) is 27.1 Å². The molecule has 2 aromatic carbocycles. The van der Waals surface area contributed by atoms with E-state index >= 15 is 0 Å². The second-order valence-electron chi connectivity index (χ2n) is 11.0. The minimum atomic E-state index is -1.29. The van der Waals surface area contributed by atoms with E-state index in [9.17, 15) is 14.6 Å². The van der Waals surface area contributed by atoms with Crippen LogP contribution >= 0.6 is 0 Å². The van der Waals surface area contributed by atoms with Crippen LogP contribution in [0.3, 0.4) is 0 Å². The van der Waals surface area contributed by atoms with Crippen LogP contribution in [0.15, 0.2) is 41.6 Å². The molecule has 0 atom stereocenters. The van der Waals surface area contributed by atoms with Gasteiger partial charge in [-0.1, -0.05) is 24.2 Å². The van der Waals surface area contributed by atoms with Crippen molar-refractivity contribution >= 4 is 5.84 Å². The molecule has 0 aromatic heterocycles. The summed E-state index contributed by atoms with van der Waals surface area (Å²) in [6.07, 6.45) is 0.906. The van der Waals surface area contributed by atoms with E-state index in [0.29, 0.717) is 31.8 Å². The first-order valence-electron chi connectivity index (χ1n) is 13.5. The van der Waals surface area contributed by atoms with Crippen LogP contribution in [-0.2, 0) is 11.4 Å². The first kappa shape index (κ1) is 26.7. The van der Waals surface area contributed by atoms with Gasteiger partial charge in [0.2, 0.25) is 0 Å². The highest BCUT2D eigenvalue weighted by Crippen LogP contribution is 2.40. The van der Waals surface area contributed by atoms with Crippen LogP contribution in [0, 0.1) is 11.2 Å². The lowest BCUT2D eigenvalue weighted by Gasteiger charge is -2.46. The average molecular weight is 528 g/mol. The maximum atomic E-state index is 13.8. The SMILES string of the molecule is CCOc1cc(F)ccc1-c1ccc(CN2CC3(CC(N4CCC(C)(C(O)O)CC4)=NO3)C2)cc1OCC. The highest BCUT2D eigenvalue weighted by molar-refractivity contribution is 5.84. The number of hydrogen-bond donors (Lipinski definition) is 2. The number of nitrogens with zero attached hydrogens (tertiary/aromatic N) is 3. The summed E-state index contributed by atoms with van der Waals surface area (Å²) in [6, 6.07) is 10.8. The van der Waals surface area contributed by atoms with Gasteiger partial charge in [0.1, 0.15) is 23.2 Å². The van der Waals surface area contributed by atoms with Crippen LogP contribution in [0.1, 0.15) is 45.6 Å². The van der Waals surface area contributed by atoms with Gasteiger partial charge < -0.3 is 29.4 Å². The molecule has 0 aliphatic carbocycles. The summed E-state index contributed by atoms with van der Waals surface area (Å²) >= 11 is 0. The zero-order chi connectivity index (χ0) is 26.9. The fourth-order valence-corrected chi connectivity index (χ4v) is 5.67. The molecule has 2 fully saturated rings. The van der Waals surface area contributed by atoms with Crippen molar-refractivity contribution in [1.82, 2.24) is 9.80 Å². The van der Waals surface area contributed by atoms with E-state index in [4.69, 9.17) is 14.3 Å². The molecule has 0 saturated carbocycles. The molecule has 206 valence electrons. The fourth-order valence-electron chi connectivity index (χ4n) is 5.67. The van der Waals surface area contributed by atoms with Crippen molar-refractivity contribution in [1.29, 1.82) is 0 Å². The molecule has 3 heterocycles. The van der Waals surface area contributed by atoms with Crippen molar-refractivity contribution in [2.45, 2.75) is 58.5 Å². The Hall–Kier alpha value is -2.88. The van der Waals surface area contributed by atoms with Crippen LogP contribution in [-0.4, -0.2) is 77.1 Å². The largest absolute Gasteiger partial charge is 0.493 e. The Morgan fingerprint density at radius 3 is 2.26 bits per heavy atom. The first-order valence-corrected chi connectivity index (χ1v) is 13.5. The van der Waals surface area contributed by atoms with Crippen molar-refractivity contribution < 1.29 is 28.9 Å². The Bertz CT molecular complexity index is 1170. The summed E-state index contributed by atoms with van der Waals surface area (Å²) in [4.78, 5) is 10.5. The van der Waals surface area contributed by atoms with Gasteiger partial charge >= 0.3 is 0 Å². The molecule has 0 bridgehead atoms. The monoisotopic (exact) mass is 527 g/mol. The third-order valence-corrected chi connectivity index (χ3v) is 8.03. The summed E-state index contributed by atoms with van der Waals surface area (Å²) in [5.74, 6) is 1.89. The molecule has 2 saturated heterocycles. The number of benzene rings is 2. The van der Waals surface area contributed by atoms with Gasteiger partial charge in [-0.25, -0.2) is 4.39 Å². The molecule has 9 heteroatoms. The van der Waals surface area contributed by atoms with Crippen molar-refractivity contribution in [3.63, 3.8) is 0 Å². The summed E-state index contributed by atoms with van der Waals surface area (Å²) in [7, 11) is 0. The Kier molecular flexibility index (Phi) is 7.53. The van der Waals surface area contributed by atoms with Crippen molar-refractivity contribution in [2.75, 3.05) is 39.4 Å². The molecule has 0 radical (unpaired) electrons. The smallest absolute Gasteiger partial charge is 0.170 e.